The van der Waals surface area contributed by atoms with Gasteiger partial charge in [0.25, 0.3) is 0 Å². The Morgan fingerprint density at radius 2 is 2.00 bits per heavy atom. The maximum absolute atomic E-state index is 11.6. The van der Waals surface area contributed by atoms with Crippen molar-refractivity contribution in [1.82, 2.24) is 0 Å². The monoisotopic (exact) mass is 137 g/mol. The Labute approximate surface area is 52.4 Å². The number of alkyl halides is 3. The van der Waals surface area contributed by atoms with E-state index >= 15 is 0 Å². The highest BCUT2D eigenvalue weighted by Gasteiger charge is 2.30. The van der Waals surface area contributed by atoms with E-state index in [0.29, 0.717) is 0 Å². The van der Waals surface area contributed by atoms with Crippen molar-refractivity contribution in [2.75, 3.05) is 0 Å². The molecule has 0 unspecified atom stereocenters. The van der Waals surface area contributed by atoms with Crippen LogP contribution in [0.1, 0.15) is 13.3 Å². The molecule has 0 nitrogen and oxygen atoms in total. The average Bonchev–Trinajstić information content (AvgIpc) is 1.65. The zero-order chi connectivity index (χ0) is 7.49. The lowest BCUT2D eigenvalue weighted by molar-refractivity contribution is -0.0935. The standard InChI is InChI=1S/C6H8F3/c1-3-5(4-2)6(7,8)9/h3H,1,4H2,2H3/b5-3-. The minimum absolute atomic E-state index is 0.00694. The lowest BCUT2D eigenvalue weighted by Crippen LogP contribution is -2.10. The van der Waals surface area contributed by atoms with Crippen molar-refractivity contribution in [3.05, 3.63) is 18.6 Å². The largest absolute Gasteiger partial charge is 0.412 e. The summed E-state index contributed by atoms with van der Waals surface area (Å²) in [6.07, 6.45) is -3.34. The second-order valence-corrected chi connectivity index (χ2v) is 1.58. The van der Waals surface area contributed by atoms with Gasteiger partial charge in [-0.2, -0.15) is 13.2 Å². The minimum atomic E-state index is -4.18. The zero-order valence-corrected chi connectivity index (χ0v) is 5.13. The van der Waals surface area contributed by atoms with Crippen LogP contribution in [0, 0.1) is 6.92 Å². The summed E-state index contributed by atoms with van der Waals surface area (Å²) in [5.74, 6) is 0. The first-order valence-electron chi connectivity index (χ1n) is 2.57. The highest BCUT2D eigenvalue weighted by molar-refractivity contribution is 5.09. The molecule has 0 aromatic carbocycles. The molecule has 0 heterocycles. The maximum Gasteiger partial charge on any atom is 0.412 e. The van der Waals surface area contributed by atoms with Crippen molar-refractivity contribution in [3.8, 4) is 0 Å². The summed E-state index contributed by atoms with van der Waals surface area (Å²) in [5, 5.41) is 0. The van der Waals surface area contributed by atoms with Crippen LogP contribution in [0.4, 0.5) is 13.2 Å². The van der Waals surface area contributed by atoms with Crippen molar-refractivity contribution >= 4 is 0 Å². The molecule has 0 saturated heterocycles. The second kappa shape index (κ2) is 2.90. The molecule has 0 fully saturated rings. The molecule has 0 aliphatic rings. The predicted molar refractivity (Wildman–Crippen MR) is 29.8 cm³/mol. The highest BCUT2D eigenvalue weighted by atomic mass is 19.4. The van der Waals surface area contributed by atoms with Gasteiger partial charge in [-0.15, -0.1) is 0 Å². The molecule has 0 saturated carbocycles. The molecule has 3 heteroatoms. The predicted octanol–water partition coefficient (Wildman–Crippen LogP) is 2.72. The van der Waals surface area contributed by atoms with E-state index in [4.69, 9.17) is 0 Å². The summed E-state index contributed by atoms with van der Waals surface area (Å²) < 4.78 is 34.8. The molecular formula is C6H8F3. The smallest absolute Gasteiger partial charge is 0.166 e. The van der Waals surface area contributed by atoms with Crippen molar-refractivity contribution in [1.29, 1.82) is 0 Å². The van der Waals surface area contributed by atoms with Gasteiger partial charge in [0, 0.05) is 5.57 Å². The first kappa shape index (κ1) is 8.53. The molecule has 0 aliphatic heterocycles. The topological polar surface area (TPSA) is 0 Å². The Kier molecular flexibility index (Phi) is 2.74. The lowest BCUT2D eigenvalue weighted by atomic mass is 10.2. The van der Waals surface area contributed by atoms with E-state index in [1.807, 2.05) is 0 Å². The third-order valence-electron chi connectivity index (χ3n) is 0.991. The molecule has 1 radical (unpaired) electrons. The van der Waals surface area contributed by atoms with Crippen LogP contribution in [0.2, 0.25) is 0 Å². The van der Waals surface area contributed by atoms with Gasteiger partial charge in [-0.05, 0) is 13.3 Å². The van der Waals surface area contributed by atoms with Crippen LogP contribution in [-0.2, 0) is 0 Å². The fourth-order valence-corrected chi connectivity index (χ4v) is 0.461. The zero-order valence-electron chi connectivity index (χ0n) is 5.13. The Morgan fingerprint density at radius 1 is 1.56 bits per heavy atom. The molecule has 9 heavy (non-hydrogen) atoms. The Morgan fingerprint density at radius 3 is 2.00 bits per heavy atom. The molecular weight excluding hydrogens is 129 g/mol. The average molecular weight is 137 g/mol. The molecule has 0 amide bonds. The molecule has 53 valence electrons. The van der Waals surface area contributed by atoms with Crippen LogP contribution in [0.15, 0.2) is 11.6 Å². The van der Waals surface area contributed by atoms with Crippen molar-refractivity contribution in [3.63, 3.8) is 0 Å². The quantitative estimate of drug-likeness (QED) is 0.521. The van der Waals surface area contributed by atoms with Crippen LogP contribution in [0.5, 0.6) is 0 Å². The third-order valence-corrected chi connectivity index (χ3v) is 0.991. The molecule has 0 N–H and O–H groups in total. The van der Waals surface area contributed by atoms with Gasteiger partial charge in [0.15, 0.2) is 0 Å². The molecule has 0 bridgehead atoms. The Balaban J connectivity index is 4.14. The van der Waals surface area contributed by atoms with Gasteiger partial charge >= 0.3 is 6.18 Å². The van der Waals surface area contributed by atoms with Crippen LogP contribution in [-0.4, -0.2) is 6.18 Å². The van der Waals surface area contributed by atoms with E-state index < -0.39 is 11.7 Å². The molecule has 0 rings (SSSR count). The highest BCUT2D eigenvalue weighted by Crippen LogP contribution is 2.27. The maximum atomic E-state index is 11.6. The molecule has 0 spiro atoms. The van der Waals surface area contributed by atoms with Gasteiger partial charge in [-0.25, -0.2) is 0 Å². The minimum Gasteiger partial charge on any atom is -0.166 e. The third kappa shape index (κ3) is 2.54. The summed E-state index contributed by atoms with van der Waals surface area (Å²) >= 11 is 0. The second-order valence-electron chi connectivity index (χ2n) is 1.58. The van der Waals surface area contributed by atoms with Gasteiger partial charge in [0.2, 0.25) is 0 Å². The van der Waals surface area contributed by atoms with Gasteiger partial charge in [-0.3, -0.25) is 0 Å². The number of rotatable bonds is 1. The van der Waals surface area contributed by atoms with Gasteiger partial charge in [-0.1, -0.05) is 13.0 Å². The van der Waals surface area contributed by atoms with E-state index in [2.05, 4.69) is 6.92 Å². The van der Waals surface area contributed by atoms with Crippen LogP contribution < -0.4 is 0 Å². The van der Waals surface area contributed by atoms with E-state index in [0.717, 1.165) is 6.08 Å². The summed E-state index contributed by atoms with van der Waals surface area (Å²) in [5.41, 5.74) is -0.567. The summed E-state index contributed by atoms with van der Waals surface area (Å²) in [6.45, 7) is 4.49. The molecule has 0 atom stereocenters. The van der Waals surface area contributed by atoms with E-state index in [9.17, 15) is 13.2 Å². The van der Waals surface area contributed by atoms with Gasteiger partial charge < -0.3 is 0 Å². The Bertz CT molecular complexity index is 110. The number of allylic oxidation sites excluding steroid dienone is 2. The lowest BCUT2D eigenvalue weighted by Gasteiger charge is -2.06. The normalized spacial score (nSPS) is 14.1. The SMILES string of the molecule is [CH2]/C=C(/CC)C(F)(F)F. The Hall–Kier alpha value is -0.470. The first-order valence-corrected chi connectivity index (χ1v) is 2.57. The van der Waals surface area contributed by atoms with Gasteiger partial charge in [0.1, 0.15) is 0 Å². The van der Waals surface area contributed by atoms with Crippen molar-refractivity contribution in [2.24, 2.45) is 0 Å². The molecule has 0 aliphatic carbocycles. The number of halogens is 3. The van der Waals surface area contributed by atoms with E-state index in [1.165, 1.54) is 6.92 Å². The summed E-state index contributed by atoms with van der Waals surface area (Å²) in [4.78, 5) is 0. The number of hydrogen-bond donors (Lipinski definition) is 0. The van der Waals surface area contributed by atoms with Crippen LogP contribution >= 0.6 is 0 Å². The van der Waals surface area contributed by atoms with Crippen molar-refractivity contribution < 1.29 is 13.2 Å². The van der Waals surface area contributed by atoms with E-state index in [-0.39, 0.29) is 6.42 Å². The fraction of sp³-hybridized carbons (Fsp3) is 0.500. The van der Waals surface area contributed by atoms with Crippen LogP contribution in [0.25, 0.3) is 0 Å². The van der Waals surface area contributed by atoms with E-state index in [1.54, 1.807) is 0 Å². The fourth-order valence-electron chi connectivity index (χ4n) is 0.461. The summed E-state index contributed by atoms with van der Waals surface area (Å²) in [6, 6.07) is 0. The van der Waals surface area contributed by atoms with Gasteiger partial charge in [0.05, 0.1) is 0 Å². The number of hydrogen-bond acceptors (Lipinski definition) is 0. The van der Waals surface area contributed by atoms with Crippen molar-refractivity contribution in [2.45, 2.75) is 19.5 Å². The first-order chi connectivity index (χ1) is 4.02. The summed E-state index contributed by atoms with van der Waals surface area (Å²) in [7, 11) is 0. The van der Waals surface area contributed by atoms with Crippen LogP contribution in [0.3, 0.4) is 0 Å². The molecule has 0 aromatic heterocycles. The molecule has 0 aromatic rings.